The molecule has 0 radical (unpaired) electrons. The second-order valence-electron chi connectivity index (χ2n) is 6.84. The largest absolute Gasteiger partial charge is 0.383 e. The number of nitrogens with one attached hydrogen (secondary N) is 2. The Balaban J connectivity index is 1.61. The Bertz CT molecular complexity index is 1010. The van der Waals surface area contributed by atoms with Gasteiger partial charge in [-0.25, -0.2) is 0 Å². The van der Waals surface area contributed by atoms with Crippen molar-refractivity contribution >= 4 is 22.7 Å². The molecule has 2 amide bonds. The van der Waals surface area contributed by atoms with E-state index in [2.05, 4.69) is 34.0 Å². The number of fused-ring (bicyclic) bond motifs is 1. The van der Waals surface area contributed by atoms with Crippen LogP contribution in [0.5, 0.6) is 0 Å². The number of aromatic nitrogens is 2. The van der Waals surface area contributed by atoms with Gasteiger partial charge in [0.05, 0.1) is 12.2 Å². The van der Waals surface area contributed by atoms with Gasteiger partial charge in [-0.3, -0.25) is 14.6 Å². The molecule has 0 aliphatic carbocycles. The fourth-order valence-corrected chi connectivity index (χ4v) is 3.32. The molecular formula is C22H26N4O3. The number of nitrogens with zero attached hydrogens (tertiary/aromatic N) is 2. The summed E-state index contributed by atoms with van der Waals surface area (Å²) in [5.41, 5.74) is 4.52. The molecule has 3 rings (SSSR count). The van der Waals surface area contributed by atoms with Crippen LogP contribution in [0.4, 0.5) is 0 Å². The highest BCUT2D eigenvalue weighted by molar-refractivity contribution is 5.99. The summed E-state index contributed by atoms with van der Waals surface area (Å²) >= 11 is 0. The van der Waals surface area contributed by atoms with Crippen molar-refractivity contribution in [3.05, 3.63) is 65.1 Å². The van der Waals surface area contributed by atoms with Gasteiger partial charge in [0.1, 0.15) is 0 Å². The smallest absolute Gasteiger partial charge is 0.252 e. The Hall–Kier alpha value is -3.19. The van der Waals surface area contributed by atoms with Crippen LogP contribution in [0.3, 0.4) is 0 Å². The molecule has 0 fully saturated rings. The van der Waals surface area contributed by atoms with E-state index < -0.39 is 0 Å². The molecule has 152 valence electrons. The predicted molar refractivity (Wildman–Crippen MR) is 112 cm³/mol. The summed E-state index contributed by atoms with van der Waals surface area (Å²) in [6, 6.07) is 9.13. The van der Waals surface area contributed by atoms with Crippen LogP contribution in [0.1, 0.15) is 32.0 Å². The van der Waals surface area contributed by atoms with Gasteiger partial charge in [0.25, 0.3) is 11.8 Å². The van der Waals surface area contributed by atoms with E-state index in [1.54, 1.807) is 25.4 Å². The Morgan fingerprint density at radius 3 is 2.45 bits per heavy atom. The van der Waals surface area contributed by atoms with E-state index in [9.17, 15) is 9.59 Å². The number of ether oxygens (including phenoxy) is 1. The van der Waals surface area contributed by atoms with Gasteiger partial charge in [-0.05, 0) is 49.7 Å². The van der Waals surface area contributed by atoms with Gasteiger partial charge in [0.15, 0.2) is 0 Å². The lowest BCUT2D eigenvalue weighted by molar-refractivity contribution is 0.0927. The molecule has 3 aromatic rings. The number of pyridine rings is 1. The molecule has 7 heteroatoms. The van der Waals surface area contributed by atoms with E-state index in [-0.39, 0.29) is 11.8 Å². The van der Waals surface area contributed by atoms with Crippen LogP contribution in [0, 0.1) is 13.8 Å². The molecule has 0 atom stereocenters. The van der Waals surface area contributed by atoms with Gasteiger partial charge in [-0.1, -0.05) is 0 Å². The first kappa shape index (κ1) is 20.5. The van der Waals surface area contributed by atoms with E-state index in [0.29, 0.717) is 30.8 Å². The van der Waals surface area contributed by atoms with Crippen LogP contribution in [-0.4, -0.2) is 48.2 Å². The summed E-state index contributed by atoms with van der Waals surface area (Å²) in [4.78, 5) is 28.4. The zero-order chi connectivity index (χ0) is 20.8. The van der Waals surface area contributed by atoms with Crippen LogP contribution in [-0.2, 0) is 11.3 Å². The highest BCUT2D eigenvalue weighted by Crippen LogP contribution is 2.26. The maximum atomic E-state index is 12.5. The molecule has 2 heterocycles. The number of carbonyl (C=O) groups is 2. The number of amides is 2. The lowest BCUT2D eigenvalue weighted by Crippen LogP contribution is -2.34. The summed E-state index contributed by atoms with van der Waals surface area (Å²) in [5.74, 6) is -0.374. The van der Waals surface area contributed by atoms with Gasteiger partial charge in [0.2, 0.25) is 0 Å². The molecule has 29 heavy (non-hydrogen) atoms. The molecule has 1 aromatic carbocycles. The number of benzene rings is 1. The fraction of sp³-hybridized carbons (Fsp3) is 0.318. The molecule has 2 N–H and O–H groups in total. The predicted octanol–water partition coefficient (Wildman–Crippen LogP) is 2.46. The second-order valence-corrected chi connectivity index (χ2v) is 6.84. The van der Waals surface area contributed by atoms with E-state index in [0.717, 1.165) is 23.0 Å². The lowest BCUT2D eigenvalue weighted by Gasteiger charge is -2.09. The Kier molecular flexibility index (Phi) is 6.61. The van der Waals surface area contributed by atoms with Crippen molar-refractivity contribution in [1.29, 1.82) is 0 Å². The molecule has 7 nitrogen and oxygen atoms in total. The molecule has 0 bridgehead atoms. The van der Waals surface area contributed by atoms with Gasteiger partial charge >= 0.3 is 0 Å². The van der Waals surface area contributed by atoms with Crippen LogP contribution in [0.15, 0.2) is 42.7 Å². The zero-order valence-corrected chi connectivity index (χ0v) is 17.0. The summed E-state index contributed by atoms with van der Waals surface area (Å²) in [6.07, 6.45) is 3.12. The first-order valence-electron chi connectivity index (χ1n) is 9.57. The average molecular weight is 394 g/mol. The first-order chi connectivity index (χ1) is 14.0. The second kappa shape index (κ2) is 9.34. The Labute approximate surface area is 170 Å². The normalized spacial score (nSPS) is 10.9. The number of hydrogen-bond donors (Lipinski definition) is 2. The molecule has 0 aliphatic heterocycles. The van der Waals surface area contributed by atoms with Crippen LogP contribution in [0.25, 0.3) is 10.9 Å². The highest BCUT2D eigenvalue weighted by atomic mass is 16.5. The minimum absolute atomic E-state index is 0.163. The standard InChI is InChI=1S/C22H26N4O3/c1-15-16(2)26(11-12-29-3)20-7-6-17(13-19(15)20)21(27)24-9-10-25-22(28)18-5-4-8-23-14-18/h4-8,13-14H,9-12H2,1-3H3,(H,24,27)(H,25,28). The molecule has 0 spiro atoms. The Morgan fingerprint density at radius 2 is 1.79 bits per heavy atom. The summed E-state index contributed by atoms with van der Waals surface area (Å²) < 4.78 is 7.41. The monoisotopic (exact) mass is 394 g/mol. The van der Waals surface area contributed by atoms with E-state index in [4.69, 9.17) is 4.74 Å². The van der Waals surface area contributed by atoms with Crippen molar-refractivity contribution in [3.63, 3.8) is 0 Å². The fourth-order valence-electron chi connectivity index (χ4n) is 3.32. The van der Waals surface area contributed by atoms with Crippen molar-refractivity contribution in [2.45, 2.75) is 20.4 Å². The van der Waals surface area contributed by atoms with Crippen molar-refractivity contribution < 1.29 is 14.3 Å². The van der Waals surface area contributed by atoms with E-state index in [1.165, 1.54) is 11.9 Å². The first-order valence-corrected chi connectivity index (χ1v) is 9.57. The van der Waals surface area contributed by atoms with Crippen molar-refractivity contribution in [2.24, 2.45) is 0 Å². The van der Waals surface area contributed by atoms with Crippen molar-refractivity contribution in [2.75, 3.05) is 26.8 Å². The molecular weight excluding hydrogens is 368 g/mol. The molecule has 2 aromatic heterocycles. The minimum Gasteiger partial charge on any atom is -0.383 e. The number of carbonyl (C=O) groups excluding carboxylic acids is 2. The van der Waals surface area contributed by atoms with Crippen molar-refractivity contribution in [1.82, 2.24) is 20.2 Å². The number of aryl methyl sites for hydroxylation is 1. The zero-order valence-electron chi connectivity index (χ0n) is 17.0. The van der Waals surface area contributed by atoms with Gasteiger partial charge in [-0.15, -0.1) is 0 Å². The maximum absolute atomic E-state index is 12.5. The molecule has 0 unspecified atom stereocenters. The van der Waals surface area contributed by atoms with E-state index >= 15 is 0 Å². The topological polar surface area (TPSA) is 85.2 Å². The highest BCUT2D eigenvalue weighted by Gasteiger charge is 2.14. The van der Waals surface area contributed by atoms with Crippen LogP contribution in [0.2, 0.25) is 0 Å². The van der Waals surface area contributed by atoms with E-state index in [1.807, 2.05) is 18.2 Å². The number of hydrogen-bond acceptors (Lipinski definition) is 4. The number of rotatable bonds is 8. The molecule has 0 saturated carbocycles. The Morgan fingerprint density at radius 1 is 1.07 bits per heavy atom. The minimum atomic E-state index is -0.211. The maximum Gasteiger partial charge on any atom is 0.252 e. The lowest BCUT2D eigenvalue weighted by atomic mass is 10.1. The molecule has 0 aliphatic rings. The third-order valence-corrected chi connectivity index (χ3v) is 5.04. The SMILES string of the molecule is COCCn1c(C)c(C)c2cc(C(=O)NCCNC(=O)c3cccnc3)ccc21. The third-order valence-electron chi connectivity index (χ3n) is 5.04. The van der Waals surface area contributed by atoms with Crippen LogP contribution < -0.4 is 10.6 Å². The van der Waals surface area contributed by atoms with Gasteiger partial charge in [-0.2, -0.15) is 0 Å². The molecule has 0 saturated heterocycles. The summed E-state index contributed by atoms with van der Waals surface area (Å²) in [5, 5.41) is 6.68. The number of methoxy groups -OCH3 is 1. The van der Waals surface area contributed by atoms with Crippen molar-refractivity contribution in [3.8, 4) is 0 Å². The quantitative estimate of drug-likeness (QED) is 0.575. The van der Waals surface area contributed by atoms with Gasteiger partial charge < -0.3 is 19.9 Å². The third kappa shape index (κ3) is 4.63. The van der Waals surface area contributed by atoms with Gasteiger partial charge in [0, 0.05) is 61.3 Å². The summed E-state index contributed by atoms with van der Waals surface area (Å²) in [6.45, 7) is 6.24. The summed E-state index contributed by atoms with van der Waals surface area (Å²) in [7, 11) is 1.69. The average Bonchev–Trinajstić information content (AvgIpc) is 2.99. The van der Waals surface area contributed by atoms with Crippen LogP contribution >= 0.6 is 0 Å².